The molecule has 22 heavy (non-hydrogen) atoms. The summed E-state index contributed by atoms with van der Waals surface area (Å²) in [4.78, 5) is 1.01. The Morgan fingerprint density at radius 1 is 1.27 bits per heavy atom. The topological polar surface area (TPSA) is 64.6 Å². The SMILES string of the molecule is COc1cccc(S(=O)(=O)NCC(OC)c2ccc(Cl)s2)c1. The molecule has 0 spiro atoms. The first-order chi connectivity index (χ1) is 10.5. The molecule has 0 aliphatic heterocycles. The molecule has 2 aromatic rings. The van der Waals surface area contributed by atoms with Gasteiger partial charge in [-0.05, 0) is 24.3 Å². The zero-order valence-electron chi connectivity index (χ0n) is 12.1. The normalized spacial score (nSPS) is 13.0. The van der Waals surface area contributed by atoms with Gasteiger partial charge < -0.3 is 9.47 Å². The summed E-state index contributed by atoms with van der Waals surface area (Å²) in [6, 6.07) is 9.86. The van der Waals surface area contributed by atoms with Gasteiger partial charge in [0.25, 0.3) is 0 Å². The highest BCUT2D eigenvalue weighted by atomic mass is 35.5. The zero-order chi connectivity index (χ0) is 16.2. The van der Waals surface area contributed by atoms with Crippen LogP contribution in [0.1, 0.15) is 11.0 Å². The van der Waals surface area contributed by atoms with Crippen LogP contribution in [0, 0.1) is 0 Å². The summed E-state index contributed by atoms with van der Waals surface area (Å²) >= 11 is 7.25. The molecule has 1 atom stereocenters. The Morgan fingerprint density at radius 3 is 2.64 bits per heavy atom. The van der Waals surface area contributed by atoms with Gasteiger partial charge in [0, 0.05) is 24.6 Å². The quantitative estimate of drug-likeness (QED) is 0.823. The molecule has 8 heteroatoms. The van der Waals surface area contributed by atoms with Crippen LogP contribution in [-0.4, -0.2) is 29.2 Å². The van der Waals surface area contributed by atoms with E-state index in [-0.39, 0.29) is 11.4 Å². The van der Waals surface area contributed by atoms with Gasteiger partial charge in [0.15, 0.2) is 0 Å². The highest BCUT2D eigenvalue weighted by molar-refractivity contribution is 7.89. The van der Waals surface area contributed by atoms with Crippen molar-refractivity contribution in [2.24, 2.45) is 0 Å². The van der Waals surface area contributed by atoms with Gasteiger partial charge in [-0.15, -0.1) is 11.3 Å². The van der Waals surface area contributed by atoms with E-state index >= 15 is 0 Å². The lowest BCUT2D eigenvalue weighted by Gasteiger charge is -2.15. The van der Waals surface area contributed by atoms with E-state index < -0.39 is 16.1 Å². The Morgan fingerprint density at radius 2 is 2.05 bits per heavy atom. The van der Waals surface area contributed by atoms with Gasteiger partial charge in [-0.3, -0.25) is 0 Å². The lowest BCUT2D eigenvalue weighted by atomic mass is 10.3. The molecule has 0 bridgehead atoms. The van der Waals surface area contributed by atoms with Crippen LogP contribution in [0.5, 0.6) is 5.75 Å². The fourth-order valence-corrected chi connectivity index (χ4v) is 4.04. The van der Waals surface area contributed by atoms with E-state index in [9.17, 15) is 8.42 Å². The molecule has 1 aromatic carbocycles. The monoisotopic (exact) mass is 361 g/mol. The van der Waals surface area contributed by atoms with Crippen LogP contribution in [0.15, 0.2) is 41.3 Å². The molecule has 120 valence electrons. The van der Waals surface area contributed by atoms with Crippen LogP contribution in [0.3, 0.4) is 0 Å². The molecule has 2 rings (SSSR count). The minimum absolute atomic E-state index is 0.118. The molecular formula is C14H16ClNO4S2. The van der Waals surface area contributed by atoms with Crippen molar-refractivity contribution in [3.8, 4) is 5.75 Å². The first-order valence-electron chi connectivity index (χ1n) is 6.38. The van der Waals surface area contributed by atoms with E-state index in [4.69, 9.17) is 21.1 Å². The van der Waals surface area contributed by atoms with Gasteiger partial charge in [0.2, 0.25) is 10.0 Å². The van der Waals surface area contributed by atoms with Gasteiger partial charge >= 0.3 is 0 Å². The Kier molecular flexibility index (Phi) is 5.82. The third kappa shape index (κ3) is 4.21. The molecule has 1 unspecified atom stereocenters. The summed E-state index contributed by atoms with van der Waals surface area (Å²) in [6.07, 6.45) is -0.391. The molecule has 0 saturated carbocycles. The van der Waals surface area contributed by atoms with E-state index in [0.717, 1.165) is 4.88 Å². The smallest absolute Gasteiger partial charge is 0.240 e. The predicted molar refractivity (Wildman–Crippen MR) is 87.3 cm³/mol. The lowest BCUT2D eigenvalue weighted by molar-refractivity contribution is 0.110. The van der Waals surface area contributed by atoms with Crippen molar-refractivity contribution >= 4 is 33.0 Å². The number of hydrogen-bond acceptors (Lipinski definition) is 5. The van der Waals surface area contributed by atoms with Crippen LogP contribution in [0.25, 0.3) is 0 Å². The van der Waals surface area contributed by atoms with Gasteiger partial charge in [-0.25, -0.2) is 13.1 Å². The molecular weight excluding hydrogens is 346 g/mol. The maximum absolute atomic E-state index is 12.3. The first kappa shape index (κ1) is 17.2. The summed E-state index contributed by atoms with van der Waals surface area (Å²) in [5.74, 6) is 0.483. The van der Waals surface area contributed by atoms with Crippen molar-refractivity contribution in [3.05, 3.63) is 45.6 Å². The van der Waals surface area contributed by atoms with Crippen LogP contribution < -0.4 is 9.46 Å². The number of benzene rings is 1. The van der Waals surface area contributed by atoms with Crippen LogP contribution >= 0.6 is 22.9 Å². The van der Waals surface area contributed by atoms with E-state index in [1.54, 1.807) is 18.2 Å². The largest absolute Gasteiger partial charge is 0.497 e. The standard InChI is InChI=1S/C14H16ClNO4S2/c1-19-10-4-3-5-11(8-10)22(17,18)16-9-12(20-2)13-6-7-14(15)21-13/h3-8,12,16H,9H2,1-2H3. The Bertz CT molecular complexity index is 730. The zero-order valence-corrected chi connectivity index (χ0v) is 14.5. The summed E-state index contributed by atoms with van der Waals surface area (Å²) in [7, 11) is -0.625. The third-order valence-electron chi connectivity index (χ3n) is 3.01. The molecule has 0 aliphatic carbocycles. The van der Waals surface area contributed by atoms with Crippen LogP contribution in [0.4, 0.5) is 0 Å². The van der Waals surface area contributed by atoms with E-state index in [1.165, 1.54) is 37.7 Å². The van der Waals surface area contributed by atoms with Crippen molar-refractivity contribution in [3.63, 3.8) is 0 Å². The highest BCUT2D eigenvalue weighted by Gasteiger charge is 2.19. The second-order valence-corrected chi connectivity index (χ2v) is 7.91. The number of thiophene rings is 1. The van der Waals surface area contributed by atoms with Crippen LogP contribution in [-0.2, 0) is 14.8 Å². The number of rotatable bonds is 7. The summed E-state index contributed by atoms with van der Waals surface area (Å²) < 4.78 is 38.2. The van der Waals surface area contributed by atoms with Crippen molar-refractivity contribution in [1.82, 2.24) is 4.72 Å². The summed E-state index contributed by atoms with van der Waals surface area (Å²) in [6.45, 7) is 0.118. The van der Waals surface area contributed by atoms with Gasteiger partial charge in [-0.2, -0.15) is 0 Å². The second-order valence-electron chi connectivity index (χ2n) is 4.40. The number of nitrogens with one attached hydrogen (secondary N) is 1. The van der Waals surface area contributed by atoms with E-state index in [0.29, 0.717) is 10.1 Å². The third-order valence-corrected chi connectivity index (χ3v) is 5.75. The molecule has 1 aromatic heterocycles. The van der Waals surface area contributed by atoms with E-state index in [2.05, 4.69) is 4.72 Å². The van der Waals surface area contributed by atoms with Crippen molar-refractivity contribution < 1.29 is 17.9 Å². The molecule has 1 heterocycles. The average molecular weight is 362 g/mol. The average Bonchev–Trinajstić information content (AvgIpc) is 2.94. The second kappa shape index (κ2) is 7.43. The maximum atomic E-state index is 12.3. The minimum atomic E-state index is -3.64. The van der Waals surface area contributed by atoms with Gasteiger partial charge in [0.05, 0.1) is 16.3 Å². The summed E-state index contributed by atoms with van der Waals surface area (Å²) in [5.41, 5.74) is 0. The van der Waals surface area contributed by atoms with Crippen molar-refractivity contribution in [1.29, 1.82) is 0 Å². The fourth-order valence-electron chi connectivity index (χ4n) is 1.84. The van der Waals surface area contributed by atoms with E-state index in [1.807, 2.05) is 6.07 Å². The Labute approximate surface area is 138 Å². The van der Waals surface area contributed by atoms with Gasteiger partial charge in [0.1, 0.15) is 11.9 Å². The number of ether oxygens (including phenoxy) is 2. The molecule has 1 N–H and O–H groups in total. The molecule has 0 fully saturated rings. The maximum Gasteiger partial charge on any atom is 0.240 e. The van der Waals surface area contributed by atoms with Crippen molar-refractivity contribution in [2.45, 2.75) is 11.0 Å². The minimum Gasteiger partial charge on any atom is -0.497 e. The number of halogens is 1. The first-order valence-corrected chi connectivity index (χ1v) is 9.06. The number of methoxy groups -OCH3 is 2. The summed E-state index contributed by atoms with van der Waals surface area (Å²) in [5, 5.41) is 0. The molecule has 0 aliphatic rings. The Balaban J connectivity index is 2.11. The molecule has 5 nitrogen and oxygen atoms in total. The molecule has 0 radical (unpaired) electrons. The molecule has 0 saturated heterocycles. The highest BCUT2D eigenvalue weighted by Crippen LogP contribution is 2.28. The number of sulfonamides is 1. The van der Waals surface area contributed by atoms with Crippen LogP contribution in [0.2, 0.25) is 4.34 Å². The van der Waals surface area contributed by atoms with Gasteiger partial charge in [-0.1, -0.05) is 17.7 Å². The fraction of sp³-hybridized carbons (Fsp3) is 0.286. The number of hydrogen-bond donors (Lipinski definition) is 1. The lowest BCUT2D eigenvalue weighted by Crippen LogP contribution is -2.29. The Hall–Kier alpha value is -1.12. The predicted octanol–water partition coefficient (Wildman–Crippen LogP) is 3.08. The van der Waals surface area contributed by atoms with Crippen molar-refractivity contribution in [2.75, 3.05) is 20.8 Å². The molecule has 0 amide bonds.